The Balaban J connectivity index is 2.06. The minimum absolute atomic E-state index is 0.0108. The molecule has 1 N–H and O–H groups in total. The maximum Gasteiger partial charge on any atom is 0.242 e. The number of nitrogens with one attached hydrogen (secondary N) is 1. The van der Waals surface area contributed by atoms with Crippen molar-refractivity contribution in [2.24, 2.45) is 0 Å². The maximum absolute atomic E-state index is 13.0. The first-order chi connectivity index (χ1) is 13.5. The van der Waals surface area contributed by atoms with Gasteiger partial charge in [-0.3, -0.25) is 9.59 Å². The largest absolute Gasteiger partial charge is 0.354 e. The van der Waals surface area contributed by atoms with Crippen LogP contribution in [-0.4, -0.2) is 35.1 Å². The minimum Gasteiger partial charge on any atom is -0.354 e. The highest BCUT2D eigenvalue weighted by Gasteiger charge is 2.26. The van der Waals surface area contributed by atoms with E-state index in [0.717, 1.165) is 23.3 Å². The Morgan fingerprint density at radius 3 is 2.43 bits per heavy atom. The Morgan fingerprint density at radius 1 is 1.07 bits per heavy atom. The zero-order chi connectivity index (χ0) is 20.4. The molecule has 0 heterocycles. The van der Waals surface area contributed by atoms with Gasteiger partial charge in [0.1, 0.15) is 6.04 Å². The highest BCUT2D eigenvalue weighted by molar-refractivity contribution is 7.99. The molecule has 0 fully saturated rings. The van der Waals surface area contributed by atoms with Gasteiger partial charge in [-0.05, 0) is 37.0 Å². The summed E-state index contributed by atoms with van der Waals surface area (Å²) >= 11 is 1.58. The van der Waals surface area contributed by atoms with Crippen molar-refractivity contribution in [1.82, 2.24) is 10.2 Å². The van der Waals surface area contributed by atoms with Gasteiger partial charge >= 0.3 is 0 Å². The number of carbonyl (C=O) groups excluding carboxylic acids is 2. The van der Waals surface area contributed by atoms with Gasteiger partial charge in [0.15, 0.2) is 0 Å². The van der Waals surface area contributed by atoms with Crippen LogP contribution in [0.3, 0.4) is 0 Å². The zero-order valence-corrected chi connectivity index (χ0v) is 17.8. The van der Waals surface area contributed by atoms with Crippen molar-refractivity contribution in [2.75, 3.05) is 12.3 Å². The number of benzene rings is 2. The summed E-state index contributed by atoms with van der Waals surface area (Å²) in [4.78, 5) is 27.2. The van der Waals surface area contributed by atoms with E-state index >= 15 is 0 Å². The van der Waals surface area contributed by atoms with Gasteiger partial charge in [0.25, 0.3) is 0 Å². The molecule has 1 unspecified atom stereocenters. The molecular formula is C23H30N2O2S. The third-order valence-corrected chi connectivity index (χ3v) is 5.64. The predicted octanol–water partition coefficient (Wildman–Crippen LogP) is 4.17. The molecule has 2 aromatic rings. The average molecular weight is 399 g/mol. The molecule has 0 aromatic heterocycles. The van der Waals surface area contributed by atoms with Crippen LogP contribution in [0.5, 0.6) is 0 Å². The summed E-state index contributed by atoms with van der Waals surface area (Å²) in [5, 5.41) is 2.91. The van der Waals surface area contributed by atoms with Crippen molar-refractivity contribution >= 4 is 23.6 Å². The average Bonchev–Trinajstić information content (AvgIpc) is 2.71. The Bertz CT molecular complexity index is 764. The van der Waals surface area contributed by atoms with E-state index in [1.807, 2.05) is 63.2 Å². The van der Waals surface area contributed by atoms with Crippen LogP contribution < -0.4 is 5.32 Å². The van der Waals surface area contributed by atoms with Crippen molar-refractivity contribution < 1.29 is 9.59 Å². The Kier molecular flexibility index (Phi) is 9.08. The molecule has 2 amide bonds. The Hall–Kier alpha value is -2.27. The lowest BCUT2D eigenvalue weighted by Crippen LogP contribution is -2.48. The van der Waals surface area contributed by atoms with E-state index in [-0.39, 0.29) is 11.8 Å². The molecule has 0 bridgehead atoms. The molecule has 0 saturated carbocycles. The standard InChI is InChI=1S/C23H30N2O2S/c1-4-14-24-23(27)19(3)25(15-21-13-9-8-10-18(21)2)22(26)17-28-16-20-11-6-5-7-12-20/h5-13,19H,4,14-17H2,1-3H3,(H,24,27). The SMILES string of the molecule is CCCNC(=O)C(C)N(Cc1ccccc1C)C(=O)CSCc1ccccc1. The molecule has 2 rings (SSSR count). The highest BCUT2D eigenvalue weighted by atomic mass is 32.2. The first-order valence-electron chi connectivity index (χ1n) is 9.76. The first kappa shape index (κ1) is 22.0. The van der Waals surface area contributed by atoms with Gasteiger partial charge in [-0.2, -0.15) is 0 Å². The highest BCUT2D eigenvalue weighted by Crippen LogP contribution is 2.17. The second kappa shape index (κ2) is 11.5. The summed E-state index contributed by atoms with van der Waals surface area (Å²) in [6.45, 7) is 6.92. The van der Waals surface area contributed by atoms with Crippen LogP contribution in [0.25, 0.3) is 0 Å². The van der Waals surface area contributed by atoms with Gasteiger partial charge in [0.05, 0.1) is 5.75 Å². The predicted molar refractivity (Wildman–Crippen MR) is 117 cm³/mol. The fraction of sp³-hybridized carbons (Fsp3) is 0.391. The maximum atomic E-state index is 13.0. The van der Waals surface area contributed by atoms with Crippen LogP contribution in [-0.2, 0) is 21.9 Å². The van der Waals surface area contributed by atoms with Crippen LogP contribution in [0.2, 0.25) is 0 Å². The molecule has 4 nitrogen and oxygen atoms in total. The molecular weight excluding hydrogens is 368 g/mol. The molecule has 5 heteroatoms. The van der Waals surface area contributed by atoms with Gasteiger partial charge in [0, 0.05) is 18.8 Å². The monoisotopic (exact) mass is 398 g/mol. The number of hydrogen-bond acceptors (Lipinski definition) is 3. The summed E-state index contributed by atoms with van der Waals surface area (Å²) in [5.74, 6) is 1.02. The zero-order valence-electron chi connectivity index (χ0n) is 17.0. The third-order valence-electron chi connectivity index (χ3n) is 4.66. The molecule has 28 heavy (non-hydrogen) atoms. The second-order valence-electron chi connectivity index (χ2n) is 6.89. The van der Waals surface area contributed by atoms with Crippen molar-refractivity contribution in [3.8, 4) is 0 Å². The minimum atomic E-state index is -0.504. The fourth-order valence-corrected chi connectivity index (χ4v) is 3.73. The molecule has 0 aliphatic rings. The number of rotatable bonds is 10. The topological polar surface area (TPSA) is 49.4 Å². The smallest absolute Gasteiger partial charge is 0.242 e. The Morgan fingerprint density at radius 2 is 1.75 bits per heavy atom. The van der Waals surface area contributed by atoms with Gasteiger partial charge in [-0.25, -0.2) is 0 Å². The van der Waals surface area contributed by atoms with E-state index in [1.54, 1.807) is 16.7 Å². The molecule has 0 spiro atoms. The van der Waals surface area contributed by atoms with E-state index in [4.69, 9.17) is 0 Å². The number of hydrogen-bond donors (Lipinski definition) is 1. The van der Waals surface area contributed by atoms with Gasteiger partial charge in [0.2, 0.25) is 11.8 Å². The van der Waals surface area contributed by atoms with Crippen molar-refractivity contribution in [3.63, 3.8) is 0 Å². The van der Waals surface area contributed by atoms with E-state index in [2.05, 4.69) is 17.4 Å². The molecule has 0 aliphatic carbocycles. The summed E-state index contributed by atoms with van der Waals surface area (Å²) in [6, 6.07) is 17.6. The lowest BCUT2D eigenvalue weighted by atomic mass is 10.1. The normalized spacial score (nSPS) is 11.7. The van der Waals surface area contributed by atoms with Gasteiger partial charge in [-0.1, -0.05) is 61.5 Å². The fourth-order valence-electron chi connectivity index (χ4n) is 2.86. The van der Waals surface area contributed by atoms with Crippen LogP contribution in [0.1, 0.15) is 37.0 Å². The van der Waals surface area contributed by atoms with Crippen LogP contribution in [0.15, 0.2) is 54.6 Å². The molecule has 0 aliphatic heterocycles. The van der Waals surface area contributed by atoms with Crippen molar-refractivity contribution in [3.05, 3.63) is 71.3 Å². The summed E-state index contributed by atoms with van der Waals surface area (Å²) < 4.78 is 0. The molecule has 0 saturated heterocycles. The van der Waals surface area contributed by atoms with E-state index < -0.39 is 6.04 Å². The number of nitrogens with zero attached hydrogens (tertiary/aromatic N) is 1. The number of carbonyl (C=O) groups is 2. The summed E-state index contributed by atoms with van der Waals surface area (Å²) in [5.41, 5.74) is 3.39. The summed E-state index contributed by atoms with van der Waals surface area (Å²) in [7, 11) is 0. The molecule has 150 valence electrons. The number of aryl methyl sites for hydroxylation is 1. The number of amides is 2. The molecule has 1 atom stereocenters. The molecule has 0 radical (unpaired) electrons. The number of thioether (sulfide) groups is 1. The van der Waals surface area contributed by atoms with Crippen LogP contribution in [0.4, 0.5) is 0 Å². The van der Waals surface area contributed by atoms with Crippen molar-refractivity contribution in [1.29, 1.82) is 0 Å². The second-order valence-corrected chi connectivity index (χ2v) is 7.88. The Labute approximate surface area is 172 Å². The summed E-state index contributed by atoms with van der Waals surface area (Å²) in [6.07, 6.45) is 0.872. The van der Waals surface area contributed by atoms with E-state index in [9.17, 15) is 9.59 Å². The lowest BCUT2D eigenvalue weighted by Gasteiger charge is -2.29. The molecule has 2 aromatic carbocycles. The quantitative estimate of drug-likeness (QED) is 0.653. The van der Waals surface area contributed by atoms with Crippen LogP contribution in [0, 0.1) is 6.92 Å². The van der Waals surface area contributed by atoms with E-state index in [1.165, 1.54) is 5.56 Å². The van der Waals surface area contributed by atoms with Gasteiger partial charge in [-0.15, -0.1) is 11.8 Å². The lowest BCUT2D eigenvalue weighted by molar-refractivity contribution is -0.138. The van der Waals surface area contributed by atoms with Gasteiger partial charge < -0.3 is 10.2 Å². The third kappa shape index (κ3) is 6.71. The van der Waals surface area contributed by atoms with E-state index in [0.29, 0.717) is 18.8 Å². The first-order valence-corrected chi connectivity index (χ1v) is 10.9. The van der Waals surface area contributed by atoms with Crippen molar-refractivity contribution in [2.45, 2.75) is 45.5 Å². The van der Waals surface area contributed by atoms with Crippen LogP contribution >= 0.6 is 11.8 Å².